The van der Waals surface area contributed by atoms with Crippen LogP contribution in [0.5, 0.6) is 0 Å². The second kappa shape index (κ2) is 4.48. The summed E-state index contributed by atoms with van der Waals surface area (Å²) < 4.78 is 1.06. The first-order valence-electron chi connectivity index (χ1n) is 4.78. The van der Waals surface area contributed by atoms with Crippen LogP contribution in [0.1, 0.15) is 5.56 Å². The third kappa shape index (κ3) is 2.38. The van der Waals surface area contributed by atoms with Gasteiger partial charge in [0.2, 0.25) is 0 Å². The van der Waals surface area contributed by atoms with Gasteiger partial charge >= 0.3 is 5.69 Å². The van der Waals surface area contributed by atoms with Crippen LogP contribution < -0.4 is 16.3 Å². The topological polar surface area (TPSA) is 70.1 Å². The molecule has 0 radical (unpaired) electrons. The highest BCUT2D eigenvalue weighted by Gasteiger charge is 1.98. The zero-order valence-corrected chi connectivity index (χ0v) is 8.54. The van der Waals surface area contributed by atoms with Crippen molar-refractivity contribution in [3.63, 3.8) is 0 Å². The van der Waals surface area contributed by atoms with Crippen molar-refractivity contribution in [1.29, 1.82) is 0 Å². The lowest BCUT2D eigenvalue weighted by Crippen LogP contribution is -2.28. The third-order valence-electron chi connectivity index (χ3n) is 2.01. The molecule has 1 aromatic heterocycles. The van der Waals surface area contributed by atoms with Crippen LogP contribution >= 0.6 is 0 Å². The molecule has 0 fully saturated rings. The van der Waals surface area contributed by atoms with Crippen molar-refractivity contribution in [2.45, 2.75) is 6.61 Å². The SMILES string of the molecule is Nc1ccn(OCc2ccccc2)c(=O)n1. The minimum absolute atomic E-state index is 0.185. The van der Waals surface area contributed by atoms with Gasteiger partial charge in [0.25, 0.3) is 0 Å². The molecule has 0 atom stereocenters. The summed E-state index contributed by atoms with van der Waals surface area (Å²) in [6.07, 6.45) is 1.45. The molecule has 0 aliphatic carbocycles. The quantitative estimate of drug-likeness (QED) is 0.810. The molecule has 2 rings (SSSR count). The number of hydrogen-bond donors (Lipinski definition) is 1. The van der Waals surface area contributed by atoms with Gasteiger partial charge in [-0.1, -0.05) is 30.3 Å². The van der Waals surface area contributed by atoms with E-state index in [1.807, 2.05) is 30.3 Å². The fraction of sp³-hybridized carbons (Fsp3) is 0.0909. The van der Waals surface area contributed by atoms with E-state index in [1.54, 1.807) is 0 Å². The first-order chi connectivity index (χ1) is 7.75. The molecule has 1 aromatic carbocycles. The van der Waals surface area contributed by atoms with Crippen molar-refractivity contribution in [2.24, 2.45) is 0 Å². The summed E-state index contributed by atoms with van der Waals surface area (Å²) >= 11 is 0. The van der Waals surface area contributed by atoms with Crippen molar-refractivity contribution in [2.75, 3.05) is 5.73 Å². The van der Waals surface area contributed by atoms with Gasteiger partial charge in [-0.3, -0.25) is 0 Å². The molecule has 2 aromatic rings. The Morgan fingerprint density at radius 1 is 1.25 bits per heavy atom. The van der Waals surface area contributed by atoms with E-state index in [2.05, 4.69) is 4.98 Å². The van der Waals surface area contributed by atoms with Gasteiger partial charge in [-0.05, 0) is 5.56 Å². The molecule has 5 heteroatoms. The molecule has 82 valence electrons. The summed E-state index contributed by atoms with van der Waals surface area (Å²) in [5.41, 5.74) is 5.82. The van der Waals surface area contributed by atoms with E-state index in [4.69, 9.17) is 10.6 Å². The molecule has 0 aliphatic rings. The van der Waals surface area contributed by atoms with Crippen LogP contribution in [0.4, 0.5) is 5.82 Å². The van der Waals surface area contributed by atoms with Gasteiger partial charge in [0.1, 0.15) is 12.4 Å². The average Bonchev–Trinajstić information content (AvgIpc) is 2.29. The number of aromatic nitrogens is 2. The van der Waals surface area contributed by atoms with Gasteiger partial charge in [-0.2, -0.15) is 4.98 Å². The molecular formula is C11H11N3O2. The largest absolute Gasteiger partial charge is 0.405 e. The second-order valence-corrected chi connectivity index (χ2v) is 3.22. The molecule has 0 unspecified atom stereocenters. The zero-order chi connectivity index (χ0) is 11.4. The smallest absolute Gasteiger partial charge is 0.382 e. The monoisotopic (exact) mass is 217 g/mol. The molecule has 2 N–H and O–H groups in total. The van der Waals surface area contributed by atoms with Crippen LogP contribution in [0.3, 0.4) is 0 Å². The van der Waals surface area contributed by atoms with Gasteiger partial charge in [0.05, 0.1) is 6.20 Å². The Bertz CT molecular complexity index is 522. The summed E-state index contributed by atoms with van der Waals surface area (Å²) in [5.74, 6) is 0.185. The average molecular weight is 217 g/mol. The summed E-state index contributed by atoms with van der Waals surface area (Å²) in [6, 6.07) is 11.1. The molecule has 0 aliphatic heterocycles. The number of nitrogens with zero attached hydrogens (tertiary/aromatic N) is 2. The summed E-state index contributed by atoms with van der Waals surface area (Å²) in [5, 5.41) is 0. The van der Waals surface area contributed by atoms with Crippen LogP contribution in [0, 0.1) is 0 Å². The molecule has 1 heterocycles. The fourth-order valence-electron chi connectivity index (χ4n) is 1.22. The minimum Gasteiger partial charge on any atom is -0.405 e. The van der Waals surface area contributed by atoms with E-state index in [1.165, 1.54) is 12.3 Å². The van der Waals surface area contributed by atoms with E-state index in [0.717, 1.165) is 10.3 Å². The number of rotatable bonds is 3. The van der Waals surface area contributed by atoms with Crippen LogP contribution in [-0.4, -0.2) is 9.71 Å². The van der Waals surface area contributed by atoms with Crippen LogP contribution in [0.2, 0.25) is 0 Å². The maximum Gasteiger partial charge on any atom is 0.382 e. The van der Waals surface area contributed by atoms with Gasteiger partial charge in [-0.25, -0.2) is 4.79 Å². The number of nitrogen functional groups attached to an aromatic ring is 1. The summed E-state index contributed by atoms with van der Waals surface area (Å²) in [4.78, 5) is 20.1. The maximum atomic E-state index is 11.3. The minimum atomic E-state index is -0.518. The predicted octanol–water partition coefficient (Wildman–Crippen LogP) is 0.454. The molecule has 0 saturated carbocycles. The van der Waals surface area contributed by atoms with E-state index < -0.39 is 5.69 Å². The molecule has 0 saturated heterocycles. The molecule has 0 spiro atoms. The predicted molar refractivity (Wildman–Crippen MR) is 59.6 cm³/mol. The molecule has 16 heavy (non-hydrogen) atoms. The number of benzene rings is 1. The van der Waals surface area contributed by atoms with E-state index in [0.29, 0.717) is 6.61 Å². The summed E-state index contributed by atoms with van der Waals surface area (Å²) in [6.45, 7) is 0.312. The lowest BCUT2D eigenvalue weighted by Gasteiger charge is -2.07. The highest BCUT2D eigenvalue weighted by molar-refractivity contribution is 5.23. The molecule has 5 nitrogen and oxygen atoms in total. The number of nitrogens with two attached hydrogens (primary N) is 1. The van der Waals surface area contributed by atoms with Crippen LogP contribution in [0.15, 0.2) is 47.4 Å². The first-order valence-corrected chi connectivity index (χ1v) is 4.78. The second-order valence-electron chi connectivity index (χ2n) is 3.22. The molecular weight excluding hydrogens is 206 g/mol. The Balaban J connectivity index is 2.08. The van der Waals surface area contributed by atoms with Crippen molar-refractivity contribution >= 4 is 5.82 Å². The van der Waals surface area contributed by atoms with Crippen molar-refractivity contribution < 1.29 is 4.84 Å². The van der Waals surface area contributed by atoms with Gasteiger partial charge in [0, 0.05) is 6.07 Å². The van der Waals surface area contributed by atoms with Gasteiger partial charge in [-0.15, -0.1) is 4.73 Å². The van der Waals surface area contributed by atoms with E-state index in [-0.39, 0.29) is 5.82 Å². The lowest BCUT2D eigenvalue weighted by molar-refractivity contribution is 0.0861. The molecule has 0 amide bonds. The number of anilines is 1. The van der Waals surface area contributed by atoms with E-state index >= 15 is 0 Å². The third-order valence-corrected chi connectivity index (χ3v) is 2.01. The highest BCUT2D eigenvalue weighted by atomic mass is 16.7. The highest BCUT2D eigenvalue weighted by Crippen LogP contribution is 1.98. The normalized spacial score (nSPS) is 10.0. The molecule has 0 bridgehead atoms. The van der Waals surface area contributed by atoms with Crippen molar-refractivity contribution in [3.05, 3.63) is 58.6 Å². The van der Waals surface area contributed by atoms with Gasteiger partial charge < -0.3 is 10.6 Å². The Hall–Kier alpha value is -2.30. The zero-order valence-electron chi connectivity index (χ0n) is 8.54. The lowest BCUT2D eigenvalue weighted by atomic mass is 10.2. The number of hydrogen-bond acceptors (Lipinski definition) is 4. The Kier molecular flexibility index (Phi) is 2.86. The Labute approximate surface area is 92.1 Å². The van der Waals surface area contributed by atoms with Crippen LogP contribution in [-0.2, 0) is 6.61 Å². The van der Waals surface area contributed by atoms with Crippen molar-refractivity contribution in [3.8, 4) is 0 Å². The van der Waals surface area contributed by atoms with Crippen molar-refractivity contribution in [1.82, 2.24) is 9.71 Å². The summed E-state index contributed by atoms with van der Waals surface area (Å²) in [7, 11) is 0. The first kappa shape index (κ1) is 10.2. The maximum absolute atomic E-state index is 11.3. The fourth-order valence-corrected chi connectivity index (χ4v) is 1.22. The van der Waals surface area contributed by atoms with Gasteiger partial charge in [0.15, 0.2) is 0 Å². The Morgan fingerprint density at radius 3 is 2.69 bits per heavy atom. The van der Waals surface area contributed by atoms with Crippen LogP contribution in [0.25, 0.3) is 0 Å². The Morgan fingerprint density at radius 2 is 2.00 bits per heavy atom. The standard InChI is InChI=1S/C11H11N3O2/c12-10-6-7-14(11(15)13-10)16-8-9-4-2-1-3-5-9/h1-7H,8H2,(H2,12,13,15). The van der Waals surface area contributed by atoms with E-state index in [9.17, 15) is 4.79 Å².